The first kappa shape index (κ1) is 23.6. The summed E-state index contributed by atoms with van der Waals surface area (Å²) in [5, 5.41) is 6.90. The fraction of sp³-hybridized carbons (Fsp3) is 0.261. The highest BCUT2D eigenvalue weighted by atomic mass is 32.2. The van der Waals surface area contributed by atoms with Gasteiger partial charge in [-0.25, -0.2) is 13.4 Å². The molecule has 12 nitrogen and oxygen atoms in total. The fourth-order valence-corrected chi connectivity index (χ4v) is 5.45. The summed E-state index contributed by atoms with van der Waals surface area (Å²) in [7, 11) is -2.74. The summed E-state index contributed by atoms with van der Waals surface area (Å²) >= 11 is 0. The third-order valence-corrected chi connectivity index (χ3v) is 7.73. The van der Waals surface area contributed by atoms with E-state index in [-0.39, 0.29) is 24.2 Å². The minimum absolute atomic E-state index is 0.126. The Morgan fingerprint density at radius 1 is 1.25 bits per heavy atom. The topological polar surface area (TPSA) is 149 Å². The molecular weight excluding hydrogens is 488 g/mol. The van der Waals surface area contributed by atoms with Gasteiger partial charge in [0.2, 0.25) is 21.7 Å². The zero-order chi connectivity index (χ0) is 25.4. The molecule has 1 aliphatic rings. The Balaban J connectivity index is 1.35. The van der Waals surface area contributed by atoms with E-state index in [1.54, 1.807) is 28.8 Å². The highest BCUT2D eigenvalue weighted by Gasteiger charge is 2.43. The number of aryl methyl sites for hydroxylation is 1. The number of esters is 1. The second-order valence-electron chi connectivity index (χ2n) is 8.26. The first-order valence-electron chi connectivity index (χ1n) is 11.0. The number of anilines is 1. The average molecular weight is 511 g/mol. The molecule has 0 radical (unpaired) electrons. The number of imidazole rings is 1. The van der Waals surface area contributed by atoms with Gasteiger partial charge < -0.3 is 14.6 Å². The minimum Gasteiger partial charge on any atom is -0.468 e. The lowest BCUT2D eigenvalue weighted by Gasteiger charge is -2.36. The molecule has 186 valence electrons. The Morgan fingerprint density at radius 2 is 2.08 bits per heavy atom. The molecule has 1 aromatic carbocycles. The maximum Gasteiger partial charge on any atom is 0.322 e. The second-order valence-corrected chi connectivity index (χ2v) is 10.2. The predicted octanol–water partition coefficient (Wildman–Crippen LogP) is 2.19. The molecule has 1 N–H and O–H groups in total. The molecule has 0 saturated carbocycles. The number of methoxy groups -OCH3 is 1. The van der Waals surface area contributed by atoms with Gasteiger partial charge in [0.1, 0.15) is 17.4 Å². The van der Waals surface area contributed by atoms with Crippen molar-refractivity contribution in [2.75, 3.05) is 24.7 Å². The number of amides is 1. The molecule has 1 atom stereocenters. The summed E-state index contributed by atoms with van der Waals surface area (Å²) in [6.07, 6.45) is 3.75. The molecule has 0 spiro atoms. The molecular formula is C23H22N6O6S. The van der Waals surface area contributed by atoms with Crippen molar-refractivity contribution in [2.45, 2.75) is 19.4 Å². The standard InChI is InChI=1S/C23H22N6O6S/c1-14-6-7-15(11-16(14)25-22(31)18-12-24-19-5-3-4-9-28(18)19)21-26-23(35-27-21)17-8-10-29(17)36(32,33)13-20(30)34-2/h3-7,9,11-12,17H,8,10,13H2,1-2H3,(H,25,31)/t17-/m1/s1. The number of sulfonamides is 1. The highest BCUT2D eigenvalue weighted by Crippen LogP contribution is 2.36. The third kappa shape index (κ3) is 4.33. The number of ether oxygens (including phenoxy) is 1. The minimum atomic E-state index is -3.87. The largest absolute Gasteiger partial charge is 0.468 e. The molecule has 1 aliphatic heterocycles. The Kier molecular flexibility index (Phi) is 6.02. The van der Waals surface area contributed by atoms with Crippen molar-refractivity contribution >= 4 is 33.2 Å². The lowest BCUT2D eigenvalue weighted by molar-refractivity contribution is -0.137. The van der Waals surface area contributed by atoms with Crippen LogP contribution in [-0.2, 0) is 19.6 Å². The lowest BCUT2D eigenvalue weighted by atomic mass is 10.1. The first-order valence-corrected chi connectivity index (χ1v) is 12.6. The number of benzene rings is 1. The summed E-state index contributed by atoms with van der Waals surface area (Å²) in [6.45, 7) is 2.10. The van der Waals surface area contributed by atoms with Gasteiger partial charge in [0.15, 0.2) is 5.75 Å². The molecule has 3 aromatic heterocycles. The fourth-order valence-electron chi connectivity index (χ4n) is 3.90. The second kappa shape index (κ2) is 9.17. The third-order valence-electron chi connectivity index (χ3n) is 5.98. The van der Waals surface area contributed by atoms with Gasteiger partial charge >= 0.3 is 5.97 Å². The van der Waals surface area contributed by atoms with E-state index in [9.17, 15) is 18.0 Å². The summed E-state index contributed by atoms with van der Waals surface area (Å²) in [5.74, 6) is -1.56. The van der Waals surface area contributed by atoms with Crippen LogP contribution in [0.4, 0.5) is 5.69 Å². The predicted molar refractivity (Wildman–Crippen MR) is 127 cm³/mol. The molecule has 4 heterocycles. The Labute approximate surface area is 205 Å². The Bertz CT molecular complexity index is 1580. The van der Waals surface area contributed by atoms with Crippen LogP contribution in [-0.4, -0.2) is 63.5 Å². The molecule has 1 fully saturated rings. The number of hydrogen-bond acceptors (Lipinski definition) is 9. The van der Waals surface area contributed by atoms with Crippen LogP contribution in [0, 0.1) is 6.92 Å². The van der Waals surface area contributed by atoms with E-state index < -0.39 is 27.8 Å². The van der Waals surface area contributed by atoms with E-state index in [0.29, 0.717) is 29.0 Å². The molecule has 0 aliphatic carbocycles. The number of fused-ring (bicyclic) bond motifs is 1. The quantitative estimate of drug-likeness (QED) is 0.369. The molecule has 0 bridgehead atoms. The van der Waals surface area contributed by atoms with Gasteiger partial charge in [0.25, 0.3) is 5.91 Å². The van der Waals surface area contributed by atoms with E-state index in [4.69, 9.17) is 4.52 Å². The van der Waals surface area contributed by atoms with Crippen LogP contribution >= 0.6 is 0 Å². The van der Waals surface area contributed by atoms with Gasteiger partial charge in [-0.2, -0.15) is 9.29 Å². The SMILES string of the molecule is COC(=O)CS(=O)(=O)N1CC[C@@H]1c1nc(-c2ccc(C)c(NC(=O)c3cnc4ccccn34)c2)no1. The number of nitrogens with one attached hydrogen (secondary N) is 1. The number of carbonyl (C=O) groups excluding carboxylic acids is 2. The number of hydrogen-bond donors (Lipinski definition) is 1. The molecule has 0 unspecified atom stereocenters. The maximum atomic E-state index is 12.9. The molecule has 5 rings (SSSR count). The Morgan fingerprint density at radius 3 is 2.83 bits per heavy atom. The van der Waals surface area contributed by atoms with Gasteiger partial charge in [0, 0.05) is 24.0 Å². The van der Waals surface area contributed by atoms with Crippen LogP contribution in [0.25, 0.3) is 17.0 Å². The van der Waals surface area contributed by atoms with Gasteiger partial charge in [-0.05, 0) is 37.1 Å². The molecule has 1 saturated heterocycles. The van der Waals surface area contributed by atoms with Crippen LogP contribution in [0.15, 0.2) is 53.3 Å². The normalized spacial score (nSPS) is 16.0. The number of carbonyl (C=O) groups is 2. The van der Waals surface area contributed by atoms with Crippen LogP contribution in [0.2, 0.25) is 0 Å². The zero-order valence-electron chi connectivity index (χ0n) is 19.4. The van der Waals surface area contributed by atoms with Crippen LogP contribution < -0.4 is 5.32 Å². The van der Waals surface area contributed by atoms with Crippen molar-refractivity contribution in [3.05, 3.63) is 65.9 Å². The van der Waals surface area contributed by atoms with Crippen molar-refractivity contribution in [2.24, 2.45) is 0 Å². The smallest absolute Gasteiger partial charge is 0.322 e. The number of nitrogens with zero attached hydrogens (tertiary/aromatic N) is 5. The lowest BCUT2D eigenvalue weighted by Crippen LogP contribution is -2.47. The van der Waals surface area contributed by atoms with Crippen LogP contribution in [0.3, 0.4) is 0 Å². The van der Waals surface area contributed by atoms with Crippen LogP contribution in [0.1, 0.15) is 34.4 Å². The van der Waals surface area contributed by atoms with Crippen molar-refractivity contribution < 1.29 is 27.3 Å². The van der Waals surface area contributed by atoms with Gasteiger partial charge in [0.05, 0.1) is 13.3 Å². The van der Waals surface area contributed by atoms with Crippen LogP contribution in [0.5, 0.6) is 0 Å². The summed E-state index contributed by atoms with van der Waals surface area (Å²) < 4.78 is 37.7. The molecule has 1 amide bonds. The highest BCUT2D eigenvalue weighted by molar-refractivity contribution is 7.89. The van der Waals surface area contributed by atoms with E-state index in [2.05, 4.69) is 25.2 Å². The Hall–Kier alpha value is -4.10. The van der Waals surface area contributed by atoms with E-state index >= 15 is 0 Å². The van der Waals surface area contributed by atoms with E-state index in [1.807, 2.05) is 25.1 Å². The number of pyridine rings is 1. The van der Waals surface area contributed by atoms with Crippen molar-refractivity contribution in [3.8, 4) is 11.4 Å². The van der Waals surface area contributed by atoms with Gasteiger partial charge in [-0.3, -0.25) is 14.0 Å². The zero-order valence-corrected chi connectivity index (χ0v) is 20.2. The van der Waals surface area contributed by atoms with E-state index in [0.717, 1.165) is 17.0 Å². The number of rotatable bonds is 7. The maximum absolute atomic E-state index is 12.9. The average Bonchev–Trinajstić information content (AvgIpc) is 3.46. The molecule has 4 aromatic rings. The summed E-state index contributed by atoms with van der Waals surface area (Å²) in [5.41, 5.74) is 3.00. The monoisotopic (exact) mass is 510 g/mol. The summed E-state index contributed by atoms with van der Waals surface area (Å²) in [6, 6.07) is 10.1. The van der Waals surface area contributed by atoms with Gasteiger partial charge in [-0.1, -0.05) is 23.4 Å². The first-order chi connectivity index (χ1) is 17.3. The van der Waals surface area contributed by atoms with Crippen molar-refractivity contribution in [1.29, 1.82) is 0 Å². The molecule has 13 heteroatoms. The molecule has 36 heavy (non-hydrogen) atoms. The van der Waals surface area contributed by atoms with Crippen molar-refractivity contribution in [3.63, 3.8) is 0 Å². The number of aromatic nitrogens is 4. The van der Waals surface area contributed by atoms with Crippen molar-refractivity contribution in [1.82, 2.24) is 23.8 Å². The van der Waals surface area contributed by atoms with Gasteiger partial charge in [-0.15, -0.1) is 0 Å². The van der Waals surface area contributed by atoms with E-state index in [1.165, 1.54) is 6.20 Å². The summed E-state index contributed by atoms with van der Waals surface area (Å²) in [4.78, 5) is 33.0.